The summed E-state index contributed by atoms with van der Waals surface area (Å²) in [5.74, 6) is 2.48. The molecule has 5 heteroatoms. The Morgan fingerprint density at radius 1 is 1.04 bits per heavy atom. The van der Waals surface area contributed by atoms with E-state index in [-0.39, 0.29) is 5.41 Å². The van der Waals surface area contributed by atoms with Gasteiger partial charge in [0.15, 0.2) is 0 Å². The zero-order valence-corrected chi connectivity index (χ0v) is 16.4. The lowest BCUT2D eigenvalue weighted by atomic mass is 9.92. The monoisotopic (exact) mass is 361 g/mol. The maximum Gasteiger partial charge on any atom is 0.132 e. The molecule has 0 aliphatic carbocycles. The lowest BCUT2D eigenvalue weighted by Gasteiger charge is -2.24. The summed E-state index contributed by atoms with van der Waals surface area (Å²) in [6, 6.07) is 12.3. The van der Waals surface area contributed by atoms with Gasteiger partial charge in [-0.3, -0.25) is 4.90 Å². The molecule has 0 radical (unpaired) electrons. The summed E-state index contributed by atoms with van der Waals surface area (Å²) < 4.78 is 0. The minimum atomic E-state index is 0.0468. The van der Waals surface area contributed by atoms with Crippen LogP contribution in [-0.2, 0) is 12.0 Å². The van der Waals surface area contributed by atoms with Crippen molar-refractivity contribution in [2.75, 3.05) is 31.1 Å². The van der Waals surface area contributed by atoms with E-state index >= 15 is 0 Å². The molecule has 2 aliphatic heterocycles. The zero-order chi connectivity index (χ0) is 19.0. The Labute approximate surface area is 161 Å². The van der Waals surface area contributed by atoms with E-state index < -0.39 is 0 Å². The normalized spacial score (nSPS) is 22.7. The van der Waals surface area contributed by atoms with Crippen molar-refractivity contribution in [1.29, 1.82) is 5.26 Å². The van der Waals surface area contributed by atoms with Gasteiger partial charge in [0.2, 0.25) is 0 Å². The van der Waals surface area contributed by atoms with Crippen molar-refractivity contribution in [3.05, 3.63) is 53.5 Å². The number of rotatable bonds is 3. The minimum absolute atomic E-state index is 0.0468. The van der Waals surface area contributed by atoms with E-state index in [2.05, 4.69) is 64.8 Å². The number of likely N-dealkylation sites (tertiary alicyclic amines) is 1. The molecule has 140 valence electrons. The molecule has 0 N–H and O–H groups in total. The Kier molecular flexibility index (Phi) is 4.61. The molecule has 2 aromatic rings. The molecule has 2 atom stereocenters. The van der Waals surface area contributed by atoms with Crippen molar-refractivity contribution in [3.63, 3.8) is 0 Å². The Bertz CT molecular complexity index is 832. The summed E-state index contributed by atoms with van der Waals surface area (Å²) in [7, 11) is 0. The summed E-state index contributed by atoms with van der Waals surface area (Å²) in [4.78, 5) is 14.0. The number of nitrogens with zero attached hydrogens (tertiary/aromatic N) is 5. The predicted molar refractivity (Wildman–Crippen MR) is 106 cm³/mol. The topological polar surface area (TPSA) is 56.0 Å². The van der Waals surface area contributed by atoms with Crippen molar-refractivity contribution >= 4 is 5.82 Å². The van der Waals surface area contributed by atoms with E-state index in [1.54, 1.807) is 6.33 Å². The number of anilines is 1. The fraction of sp³-hybridized carbons (Fsp3) is 0.500. The first-order chi connectivity index (χ1) is 12.9. The van der Waals surface area contributed by atoms with E-state index in [4.69, 9.17) is 5.26 Å². The molecule has 0 amide bonds. The van der Waals surface area contributed by atoms with Crippen LogP contribution in [0.5, 0.6) is 0 Å². The van der Waals surface area contributed by atoms with Gasteiger partial charge in [0, 0.05) is 44.2 Å². The van der Waals surface area contributed by atoms with Crippen molar-refractivity contribution in [2.45, 2.75) is 32.7 Å². The van der Waals surface area contributed by atoms with Gasteiger partial charge in [0.05, 0.1) is 17.3 Å². The molecule has 3 heterocycles. The Hall–Kier alpha value is -2.45. The van der Waals surface area contributed by atoms with E-state index in [9.17, 15) is 0 Å². The molecule has 2 fully saturated rings. The van der Waals surface area contributed by atoms with Gasteiger partial charge in [-0.25, -0.2) is 9.97 Å². The molecule has 5 nitrogen and oxygen atoms in total. The smallest absolute Gasteiger partial charge is 0.132 e. The van der Waals surface area contributed by atoms with Crippen LogP contribution in [0.3, 0.4) is 0 Å². The molecule has 0 saturated carbocycles. The van der Waals surface area contributed by atoms with Crippen LogP contribution < -0.4 is 4.90 Å². The Balaban J connectivity index is 1.37. The van der Waals surface area contributed by atoms with Gasteiger partial charge in [-0.15, -0.1) is 0 Å². The highest BCUT2D eigenvalue weighted by molar-refractivity contribution is 5.42. The van der Waals surface area contributed by atoms with Gasteiger partial charge in [0.1, 0.15) is 12.1 Å². The largest absolute Gasteiger partial charge is 0.356 e. The molecule has 4 rings (SSSR count). The number of fused-ring (bicyclic) bond motifs is 1. The van der Waals surface area contributed by atoms with Gasteiger partial charge >= 0.3 is 0 Å². The molecule has 1 aromatic heterocycles. The lowest BCUT2D eigenvalue weighted by Crippen LogP contribution is -2.29. The molecule has 1 aromatic carbocycles. The van der Waals surface area contributed by atoms with Crippen LogP contribution in [-0.4, -0.2) is 41.0 Å². The minimum Gasteiger partial charge on any atom is -0.356 e. The molecule has 2 aliphatic rings. The number of aromatic nitrogens is 2. The Morgan fingerprint density at radius 3 is 2.30 bits per heavy atom. The number of hydrogen-bond acceptors (Lipinski definition) is 5. The van der Waals surface area contributed by atoms with Gasteiger partial charge in [-0.05, 0) is 29.5 Å². The fourth-order valence-electron chi connectivity index (χ4n) is 4.28. The summed E-state index contributed by atoms with van der Waals surface area (Å²) in [6.07, 6.45) is 1.71. The van der Waals surface area contributed by atoms with Gasteiger partial charge in [-0.1, -0.05) is 32.9 Å². The predicted octanol–water partition coefficient (Wildman–Crippen LogP) is 3.21. The third kappa shape index (κ3) is 3.81. The lowest BCUT2D eigenvalue weighted by molar-refractivity contribution is 0.309. The van der Waals surface area contributed by atoms with E-state index in [1.807, 2.05) is 12.1 Å². The quantitative estimate of drug-likeness (QED) is 0.840. The molecule has 0 bridgehead atoms. The van der Waals surface area contributed by atoms with Crippen LogP contribution in [0.4, 0.5) is 5.82 Å². The average molecular weight is 361 g/mol. The summed E-state index contributed by atoms with van der Waals surface area (Å²) >= 11 is 0. The van der Waals surface area contributed by atoms with Crippen LogP contribution in [0.25, 0.3) is 0 Å². The highest BCUT2D eigenvalue weighted by Gasteiger charge is 2.40. The molecule has 2 saturated heterocycles. The van der Waals surface area contributed by atoms with Crippen LogP contribution in [0, 0.1) is 23.2 Å². The third-order valence-electron chi connectivity index (χ3n) is 5.80. The number of hydrogen-bond donors (Lipinski definition) is 0. The number of benzene rings is 1. The maximum absolute atomic E-state index is 8.93. The van der Waals surface area contributed by atoms with E-state index in [1.165, 1.54) is 5.56 Å². The highest BCUT2D eigenvalue weighted by atomic mass is 15.3. The van der Waals surface area contributed by atoms with Gasteiger partial charge in [-0.2, -0.15) is 5.26 Å². The van der Waals surface area contributed by atoms with Crippen molar-refractivity contribution in [1.82, 2.24) is 14.9 Å². The second-order valence-electron chi connectivity index (χ2n) is 8.94. The van der Waals surface area contributed by atoms with E-state index in [0.717, 1.165) is 49.8 Å². The molecular formula is C22H27N5. The van der Waals surface area contributed by atoms with Crippen molar-refractivity contribution in [2.24, 2.45) is 11.8 Å². The number of nitriles is 1. The fourth-order valence-corrected chi connectivity index (χ4v) is 4.28. The first kappa shape index (κ1) is 17.9. The summed E-state index contributed by atoms with van der Waals surface area (Å²) in [5, 5.41) is 8.93. The zero-order valence-electron chi connectivity index (χ0n) is 16.4. The summed E-state index contributed by atoms with van der Waals surface area (Å²) in [6.45, 7) is 12.0. The first-order valence-corrected chi connectivity index (χ1v) is 9.71. The van der Waals surface area contributed by atoms with Gasteiger partial charge < -0.3 is 4.90 Å². The molecule has 27 heavy (non-hydrogen) atoms. The van der Waals surface area contributed by atoms with E-state index in [0.29, 0.717) is 11.8 Å². The average Bonchev–Trinajstić information content (AvgIpc) is 3.20. The van der Waals surface area contributed by atoms with Gasteiger partial charge in [0.25, 0.3) is 0 Å². The van der Waals surface area contributed by atoms with Crippen LogP contribution in [0.15, 0.2) is 36.7 Å². The Morgan fingerprint density at radius 2 is 1.70 bits per heavy atom. The maximum atomic E-state index is 8.93. The van der Waals surface area contributed by atoms with Crippen LogP contribution in [0.1, 0.15) is 37.6 Å². The first-order valence-electron chi connectivity index (χ1n) is 9.71. The second kappa shape index (κ2) is 6.94. The van der Waals surface area contributed by atoms with Crippen molar-refractivity contribution in [3.8, 4) is 6.07 Å². The molecule has 0 spiro atoms. The van der Waals surface area contributed by atoms with Crippen LogP contribution >= 0.6 is 0 Å². The van der Waals surface area contributed by atoms with Crippen molar-refractivity contribution < 1.29 is 0 Å². The second-order valence-corrected chi connectivity index (χ2v) is 8.94. The molecule has 2 unspecified atom stereocenters. The third-order valence-corrected chi connectivity index (χ3v) is 5.80. The van der Waals surface area contributed by atoms with Crippen LogP contribution in [0.2, 0.25) is 0 Å². The summed E-state index contributed by atoms with van der Waals surface area (Å²) in [5.41, 5.74) is 3.17. The SMILES string of the molecule is CC(C)(C)c1cc(N2CC3CN(Cc4ccc(C#N)cc4)CC3C2)ncn1. The standard InChI is InChI=1S/C22H27N5/c1-22(2,3)20-8-21(25-15-24-20)27-13-18-11-26(12-19(18)14-27)10-17-6-4-16(9-23)5-7-17/h4-8,15,18-19H,10-14H2,1-3H3. The highest BCUT2D eigenvalue weighted by Crippen LogP contribution is 2.34. The molecular weight excluding hydrogens is 334 g/mol.